The van der Waals surface area contributed by atoms with E-state index in [0.717, 1.165) is 16.2 Å². The van der Waals surface area contributed by atoms with Crippen LogP contribution in [0.5, 0.6) is 5.75 Å². The number of nitrogens with zero attached hydrogens (tertiary/aromatic N) is 1. The molecular weight excluding hydrogens is 368 g/mol. The summed E-state index contributed by atoms with van der Waals surface area (Å²) < 4.78 is 5.69. The summed E-state index contributed by atoms with van der Waals surface area (Å²) in [6, 6.07) is 17.7. The molecule has 0 saturated carbocycles. The van der Waals surface area contributed by atoms with E-state index in [1.807, 2.05) is 31.2 Å². The molecular formula is C23H24N2O2S. The second-order valence-electron chi connectivity index (χ2n) is 6.63. The van der Waals surface area contributed by atoms with E-state index in [2.05, 4.69) is 42.3 Å². The third-order valence-corrected chi connectivity index (χ3v) is 5.36. The van der Waals surface area contributed by atoms with E-state index >= 15 is 0 Å². The van der Waals surface area contributed by atoms with Gasteiger partial charge in [0.15, 0.2) is 0 Å². The van der Waals surface area contributed by atoms with Crippen LogP contribution < -0.4 is 10.1 Å². The molecule has 0 unspecified atom stereocenters. The molecule has 1 amide bonds. The minimum atomic E-state index is -0.146. The van der Waals surface area contributed by atoms with Crippen molar-refractivity contribution >= 4 is 17.7 Å². The van der Waals surface area contributed by atoms with Crippen molar-refractivity contribution < 1.29 is 9.53 Å². The van der Waals surface area contributed by atoms with E-state index in [1.54, 1.807) is 18.3 Å². The van der Waals surface area contributed by atoms with E-state index in [0.29, 0.717) is 23.7 Å². The zero-order valence-corrected chi connectivity index (χ0v) is 17.2. The van der Waals surface area contributed by atoms with Gasteiger partial charge < -0.3 is 10.1 Å². The Labute approximate surface area is 170 Å². The molecule has 1 heterocycles. The van der Waals surface area contributed by atoms with Crippen molar-refractivity contribution in [1.82, 2.24) is 10.3 Å². The number of amides is 1. The number of nitrogens with one attached hydrogen (secondary N) is 1. The molecule has 144 valence electrons. The largest absolute Gasteiger partial charge is 0.492 e. The summed E-state index contributed by atoms with van der Waals surface area (Å²) in [5, 5.41) is 3.61. The molecule has 0 radical (unpaired) electrons. The van der Waals surface area contributed by atoms with Gasteiger partial charge >= 0.3 is 0 Å². The summed E-state index contributed by atoms with van der Waals surface area (Å²) in [6.45, 7) is 7.03. The number of carbonyl (C=O) groups is 1. The van der Waals surface area contributed by atoms with Crippen LogP contribution in [0.25, 0.3) is 0 Å². The third-order valence-electron chi connectivity index (χ3n) is 4.35. The van der Waals surface area contributed by atoms with Crippen LogP contribution in [-0.2, 0) is 0 Å². The number of aryl methyl sites for hydroxylation is 3. The van der Waals surface area contributed by atoms with Gasteiger partial charge in [-0.05, 0) is 73.9 Å². The highest BCUT2D eigenvalue weighted by Crippen LogP contribution is 2.29. The van der Waals surface area contributed by atoms with Crippen molar-refractivity contribution in [3.8, 4) is 5.75 Å². The number of carbonyl (C=O) groups excluding carboxylic acids is 1. The van der Waals surface area contributed by atoms with E-state index < -0.39 is 0 Å². The van der Waals surface area contributed by atoms with Gasteiger partial charge in [-0.15, -0.1) is 0 Å². The van der Waals surface area contributed by atoms with E-state index in [1.165, 1.54) is 22.9 Å². The number of benzene rings is 2. The standard InChI is InChI=1S/C23H24N2O2S/c1-16-6-4-7-19(14-16)27-13-12-24-22(26)21-8-5-11-25-23(21)28-20-10-9-17(2)18(3)15-20/h4-11,14-15H,12-13H2,1-3H3,(H,24,26). The Balaban J connectivity index is 1.60. The highest BCUT2D eigenvalue weighted by Gasteiger charge is 2.13. The maximum Gasteiger partial charge on any atom is 0.254 e. The Morgan fingerprint density at radius 3 is 2.68 bits per heavy atom. The lowest BCUT2D eigenvalue weighted by Crippen LogP contribution is -2.28. The van der Waals surface area contributed by atoms with Gasteiger partial charge in [0.05, 0.1) is 12.1 Å². The maximum atomic E-state index is 12.6. The Morgan fingerprint density at radius 2 is 1.89 bits per heavy atom. The topological polar surface area (TPSA) is 51.2 Å². The number of rotatable bonds is 7. The number of pyridine rings is 1. The summed E-state index contributed by atoms with van der Waals surface area (Å²) >= 11 is 1.50. The number of aromatic nitrogens is 1. The summed E-state index contributed by atoms with van der Waals surface area (Å²) in [4.78, 5) is 18.1. The molecule has 0 atom stereocenters. The van der Waals surface area contributed by atoms with Crippen LogP contribution in [0.15, 0.2) is 70.7 Å². The predicted molar refractivity (Wildman–Crippen MR) is 113 cm³/mol. The zero-order chi connectivity index (χ0) is 19.9. The highest BCUT2D eigenvalue weighted by atomic mass is 32.2. The van der Waals surface area contributed by atoms with Gasteiger partial charge in [-0.1, -0.05) is 30.0 Å². The molecule has 5 heteroatoms. The minimum absolute atomic E-state index is 0.146. The van der Waals surface area contributed by atoms with Gasteiger partial charge in [-0.3, -0.25) is 4.79 Å². The van der Waals surface area contributed by atoms with E-state index in [9.17, 15) is 4.79 Å². The summed E-state index contributed by atoms with van der Waals surface area (Å²) in [5.41, 5.74) is 4.18. The normalized spacial score (nSPS) is 10.5. The Morgan fingerprint density at radius 1 is 1.04 bits per heavy atom. The molecule has 3 aromatic rings. The van der Waals surface area contributed by atoms with Gasteiger partial charge in [0.1, 0.15) is 17.4 Å². The second kappa shape index (κ2) is 9.42. The van der Waals surface area contributed by atoms with Crippen LogP contribution in [0, 0.1) is 20.8 Å². The first-order chi connectivity index (χ1) is 13.5. The molecule has 0 spiro atoms. The Hall–Kier alpha value is -2.79. The Bertz CT molecular complexity index is 972. The molecule has 28 heavy (non-hydrogen) atoms. The molecule has 0 bridgehead atoms. The van der Waals surface area contributed by atoms with Gasteiger partial charge in [0.25, 0.3) is 5.91 Å². The summed E-state index contributed by atoms with van der Waals surface area (Å²) in [5.74, 6) is 0.661. The minimum Gasteiger partial charge on any atom is -0.492 e. The molecule has 0 saturated heterocycles. The molecule has 1 N–H and O–H groups in total. The van der Waals surface area contributed by atoms with Crippen LogP contribution in [0.3, 0.4) is 0 Å². The lowest BCUT2D eigenvalue weighted by Gasteiger charge is -2.11. The SMILES string of the molecule is Cc1cccc(OCCNC(=O)c2cccnc2Sc2ccc(C)c(C)c2)c1. The van der Waals surface area contributed by atoms with Crippen LogP contribution in [0.2, 0.25) is 0 Å². The summed E-state index contributed by atoms with van der Waals surface area (Å²) in [7, 11) is 0. The first-order valence-electron chi connectivity index (χ1n) is 9.21. The second-order valence-corrected chi connectivity index (χ2v) is 7.69. The monoisotopic (exact) mass is 392 g/mol. The average Bonchev–Trinajstić information content (AvgIpc) is 2.68. The fourth-order valence-electron chi connectivity index (χ4n) is 2.67. The quantitative estimate of drug-likeness (QED) is 0.577. The fraction of sp³-hybridized carbons (Fsp3) is 0.217. The molecule has 2 aromatic carbocycles. The van der Waals surface area contributed by atoms with E-state index in [4.69, 9.17) is 4.74 Å². The lowest BCUT2D eigenvalue weighted by atomic mass is 10.1. The molecule has 4 nitrogen and oxygen atoms in total. The molecule has 3 rings (SSSR count). The van der Waals surface area contributed by atoms with Crippen LogP contribution in [0.4, 0.5) is 0 Å². The number of ether oxygens (including phenoxy) is 1. The van der Waals surface area contributed by atoms with Crippen molar-refractivity contribution in [3.05, 3.63) is 83.0 Å². The highest BCUT2D eigenvalue weighted by molar-refractivity contribution is 7.99. The fourth-order valence-corrected chi connectivity index (χ4v) is 3.65. The first kappa shape index (κ1) is 20.0. The molecule has 0 aliphatic carbocycles. The van der Waals surface area contributed by atoms with Gasteiger partial charge in [-0.2, -0.15) is 0 Å². The van der Waals surface area contributed by atoms with Gasteiger partial charge in [0.2, 0.25) is 0 Å². The number of hydrogen-bond acceptors (Lipinski definition) is 4. The third kappa shape index (κ3) is 5.36. The molecule has 0 fully saturated rings. The number of hydrogen-bond donors (Lipinski definition) is 1. The summed E-state index contributed by atoms with van der Waals surface area (Å²) in [6.07, 6.45) is 1.71. The van der Waals surface area contributed by atoms with E-state index in [-0.39, 0.29) is 5.91 Å². The van der Waals surface area contributed by atoms with Crippen LogP contribution in [0.1, 0.15) is 27.0 Å². The predicted octanol–water partition coefficient (Wildman–Crippen LogP) is 4.97. The first-order valence-corrected chi connectivity index (χ1v) is 10.0. The molecule has 1 aromatic heterocycles. The Kier molecular flexibility index (Phi) is 6.71. The zero-order valence-electron chi connectivity index (χ0n) is 16.4. The molecule has 0 aliphatic rings. The van der Waals surface area contributed by atoms with Crippen LogP contribution >= 0.6 is 11.8 Å². The van der Waals surface area contributed by atoms with Crippen molar-refractivity contribution in [2.24, 2.45) is 0 Å². The van der Waals surface area contributed by atoms with Crippen molar-refractivity contribution in [2.45, 2.75) is 30.7 Å². The van der Waals surface area contributed by atoms with Crippen molar-refractivity contribution in [3.63, 3.8) is 0 Å². The van der Waals surface area contributed by atoms with Crippen molar-refractivity contribution in [1.29, 1.82) is 0 Å². The van der Waals surface area contributed by atoms with Crippen LogP contribution in [-0.4, -0.2) is 24.0 Å². The lowest BCUT2D eigenvalue weighted by molar-refractivity contribution is 0.0943. The smallest absolute Gasteiger partial charge is 0.254 e. The average molecular weight is 393 g/mol. The maximum absolute atomic E-state index is 12.6. The van der Waals surface area contributed by atoms with Gasteiger partial charge in [-0.25, -0.2) is 4.98 Å². The van der Waals surface area contributed by atoms with Crippen molar-refractivity contribution in [2.75, 3.05) is 13.2 Å². The van der Waals surface area contributed by atoms with Gasteiger partial charge in [0, 0.05) is 11.1 Å². The molecule has 0 aliphatic heterocycles.